The predicted molar refractivity (Wildman–Crippen MR) is 45.1 cm³/mol. The Bertz CT molecular complexity index is 487. The third-order valence-electron chi connectivity index (χ3n) is 1.63. The number of fused-ring (bicyclic) bond motifs is 1. The van der Waals surface area contributed by atoms with Crippen LogP contribution in [0.2, 0.25) is 0 Å². The second-order valence-corrected chi connectivity index (χ2v) is 2.40. The molecule has 0 fully saturated rings. The molecule has 0 saturated heterocycles. The topological polar surface area (TPSA) is 87.6 Å². The molecular weight excluding hydrogens is 169 g/mol. The molecule has 2 aromatic heterocycles. The largest absolute Gasteiger partial charge is 0.492 e. The molecule has 13 heavy (non-hydrogen) atoms. The Kier molecular flexibility index (Phi) is 1.60. The predicted octanol–water partition coefficient (Wildman–Crippen LogP) is -0.787. The van der Waals surface area contributed by atoms with E-state index in [2.05, 4.69) is 15.0 Å². The normalized spacial score (nSPS) is 9.77. The number of nitriles is 1. The van der Waals surface area contributed by atoms with Gasteiger partial charge in [0.05, 0.1) is 6.33 Å². The van der Waals surface area contributed by atoms with Crippen LogP contribution in [-0.4, -0.2) is 32.0 Å². The highest BCUT2D eigenvalue weighted by Crippen LogP contribution is 2.17. The molecule has 1 N–H and O–H groups in total. The number of nitrogens with zero attached hydrogens (tertiary/aromatic N) is 5. The van der Waals surface area contributed by atoms with Gasteiger partial charge in [-0.3, -0.25) is 0 Å². The first-order chi connectivity index (χ1) is 6.33. The minimum Gasteiger partial charge on any atom is -0.492 e. The van der Waals surface area contributed by atoms with Crippen LogP contribution in [0.3, 0.4) is 0 Å². The average molecular weight is 173 g/mol. The van der Waals surface area contributed by atoms with E-state index < -0.39 is 0 Å². The highest BCUT2D eigenvalue weighted by atomic mass is 16.3. The molecule has 0 saturated carbocycles. The van der Waals surface area contributed by atoms with Gasteiger partial charge < -0.3 is 9.58 Å². The van der Waals surface area contributed by atoms with Gasteiger partial charge in [-0.2, -0.15) is 4.98 Å². The molecule has 0 aliphatic rings. The summed E-state index contributed by atoms with van der Waals surface area (Å²) in [5, 5.41) is 17.8. The van der Waals surface area contributed by atoms with Crippen LogP contribution in [0.5, 0.6) is 5.88 Å². The Hall–Kier alpha value is -2.10. The van der Waals surface area contributed by atoms with E-state index in [4.69, 9.17) is 5.26 Å². The van der Waals surface area contributed by atoms with E-state index in [9.17, 15) is 5.11 Å². The summed E-state index contributed by atoms with van der Waals surface area (Å²) in [5.41, 5.74) is 0.784. The average Bonchev–Trinajstić information content (AvgIpc) is 2.51. The molecule has 0 aliphatic carbocycles. The second-order valence-electron chi connectivity index (χ2n) is 2.40. The van der Waals surface area contributed by atoms with Gasteiger partial charge >= 0.3 is 7.41 Å². The SMILES string of the molecule is N#CBn1cnc2ncnc(O)c21. The molecule has 7 heteroatoms. The van der Waals surface area contributed by atoms with Crippen LogP contribution in [0.1, 0.15) is 0 Å². The maximum Gasteiger partial charge on any atom is 0.366 e. The summed E-state index contributed by atoms with van der Waals surface area (Å²) in [6.45, 7) is 0. The molecule has 6 nitrogen and oxygen atoms in total. The van der Waals surface area contributed by atoms with Crippen molar-refractivity contribution in [3.63, 3.8) is 0 Å². The molecule has 0 bridgehead atoms. The van der Waals surface area contributed by atoms with Gasteiger partial charge in [0.2, 0.25) is 5.88 Å². The Morgan fingerprint density at radius 2 is 2.31 bits per heavy atom. The van der Waals surface area contributed by atoms with E-state index in [1.807, 2.05) is 5.97 Å². The molecule has 0 unspecified atom stereocenters. The van der Waals surface area contributed by atoms with Gasteiger partial charge in [-0.15, -0.1) is 0 Å². The summed E-state index contributed by atoms with van der Waals surface area (Å²) >= 11 is 0. The summed E-state index contributed by atoms with van der Waals surface area (Å²) in [5.74, 6) is 1.79. The zero-order valence-electron chi connectivity index (χ0n) is 6.55. The van der Waals surface area contributed by atoms with E-state index in [-0.39, 0.29) is 13.3 Å². The summed E-state index contributed by atoms with van der Waals surface area (Å²) in [6.07, 6.45) is 2.67. The van der Waals surface area contributed by atoms with Crippen molar-refractivity contribution in [2.45, 2.75) is 0 Å². The molecule has 0 amide bonds. The van der Waals surface area contributed by atoms with Gasteiger partial charge in [-0.25, -0.2) is 15.2 Å². The lowest BCUT2D eigenvalue weighted by atomic mass is 9.98. The van der Waals surface area contributed by atoms with Gasteiger partial charge in [-0.05, 0) is 0 Å². The summed E-state index contributed by atoms with van der Waals surface area (Å²) < 4.78 is 1.49. The first kappa shape index (κ1) is 7.55. The lowest BCUT2D eigenvalue weighted by molar-refractivity contribution is 0.457. The molecule has 0 spiro atoms. The number of rotatable bonds is 1. The maximum absolute atomic E-state index is 9.35. The number of imidazole rings is 1. The van der Waals surface area contributed by atoms with Crippen molar-refractivity contribution in [2.24, 2.45) is 0 Å². The third-order valence-corrected chi connectivity index (χ3v) is 1.63. The van der Waals surface area contributed by atoms with Gasteiger partial charge in [-0.1, -0.05) is 0 Å². The van der Waals surface area contributed by atoms with Gasteiger partial charge in [0.1, 0.15) is 11.8 Å². The Balaban J connectivity index is 2.73. The highest BCUT2D eigenvalue weighted by Gasteiger charge is 2.09. The van der Waals surface area contributed by atoms with E-state index in [1.165, 1.54) is 17.1 Å². The lowest BCUT2D eigenvalue weighted by Gasteiger charge is -1.96. The molecule has 0 aliphatic heterocycles. The Labute approximate surface area is 73.8 Å². The monoisotopic (exact) mass is 173 g/mol. The van der Waals surface area contributed by atoms with E-state index in [1.54, 1.807) is 0 Å². The van der Waals surface area contributed by atoms with Crippen LogP contribution >= 0.6 is 0 Å². The number of aromatic hydroxyl groups is 1. The van der Waals surface area contributed by atoms with Crippen LogP contribution in [0.25, 0.3) is 11.2 Å². The van der Waals surface area contributed by atoms with Crippen LogP contribution in [-0.2, 0) is 0 Å². The van der Waals surface area contributed by atoms with E-state index in [0.29, 0.717) is 11.2 Å². The van der Waals surface area contributed by atoms with Gasteiger partial charge in [0.15, 0.2) is 5.65 Å². The number of aromatic nitrogens is 4. The van der Waals surface area contributed by atoms with Crippen LogP contribution in [0, 0.1) is 11.2 Å². The van der Waals surface area contributed by atoms with Crippen molar-refractivity contribution >= 4 is 18.6 Å². The summed E-state index contributed by atoms with van der Waals surface area (Å²) in [6, 6.07) is 0. The molecule has 0 aromatic carbocycles. The standard InChI is InChI=1S/C6H4BN5O/c8-1-7-12-3-11-5-4(12)6(13)10-2-9-5/h2-3,7H,(H,9,10,13). The van der Waals surface area contributed by atoms with E-state index in [0.717, 1.165) is 0 Å². The smallest absolute Gasteiger partial charge is 0.366 e. The fourth-order valence-corrected chi connectivity index (χ4v) is 1.09. The zero-order chi connectivity index (χ0) is 9.26. The first-order valence-corrected chi connectivity index (χ1v) is 3.54. The number of hydrogen-bond acceptors (Lipinski definition) is 5. The molecule has 0 radical (unpaired) electrons. The molecule has 2 rings (SSSR count). The van der Waals surface area contributed by atoms with Crippen molar-refractivity contribution in [1.82, 2.24) is 19.4 Å². The maximum atomic E-state index is 9.35. The lowest BCUT2D eigenvalue weighted by Crippen LogP contribution is -2.02. The van der Waals surface area contributed by atoms with Crippen molar-refractivity contribution in [3.05, 3.63) is 12.7 Å². The first-order valence-electron chi connectivity index (χ1n) is 3.54. The van der Waals surface area contributed by atoms with Gasteiger partial charge in [0.25, 0.3) is 0 Å². The molecule has 62 valence electrons. The third kappa shape index (κ3) is 1.08. The Morgan fingerprint density at radius 1 is 1.46 bits per heavy atom. The highest BCUT2D eigenvalue weighted by molar-refractivity contribution is 6.44. The fraction of sp³-hybridized carbons (Fsp3) is 0. The van der Waals surface area contributed by atoms with Crippen molar-refractivity contribution in [2.75, 3.05) is 0 Å². The quantitative estimate of drug-likeness (QED) is 0.571. The second kappa shape index (κ2) is 2.75. The van der Waals surface area contributed by atoms with E-state index >= 15 is 0 Å². The molecule has 0 atom stereocenters. The fourth-order valence-electron chi connectivity index (χ4n) is 1.09. The van der Waals surface area contributed by atoms with Crippen LogP contribution < -0.4 is 0 Å². The number of hydrogen-bond donors (Lipinski definition) is 1. The molecule has 2 heterocycles. The van der Waals surface area contributed by atoms with Crippen molar-refractivity contribution in [3.8, 4) is 11.8 Å². The Morgan fingerprint density at radius 3 is 3.08 bits per heavy atom. The summed E-state index contributed by atoms with van der Waals surface area (Å²) in [4.78, 5) is 11.3. The van der Waals surface area contributed by atoms with Crippen molar-refractivity contribution < 1.29 is 5.11 Å². The minimum absolute atomic E-state index is 0.122. The minimum atomic E-state index is -0.155. The molecular formula is C6H4BN5O. The zero-order valence-corrected chi connectivity index (χ0v) is 6.55. The molecule has 2 aromatic rings. The van der Waals surface area contributed by atoms with Crippen LogP contribution in [0.15, 0.2) is 12.7 Å². The van der Waals surface area contributed by atoms with Crippen molar-refractivity contribution in [1.29, 1.82) is 5.26 Å². The van der Waals surface area contributed by atoms with Gasteiger partial charge in [0, 0.05) is 5.97 Å². The van der Waals surface area contributed by atoms with Crippen LogP contribution in [0.4, 0.5) is 0 Å². The summed E-state index contributed by atoms with van der Waals surface area (Å²) in [7, 11) is 0.122.